The highest BCUT2D eigenvalue weighted by Gasteiger charge is 2.10. The van der Waals surface area contributed by atoms with Crippen LogP contribution in [0.4, 0.5) is 4.39 Å². The standard InChI is InChI=1S/C11H9BrFN3S/c12-8-4-15-16(6-8)5-7-2-1-3-9(10(7)13)11(14)17/h1-4,6H,5H2,(H2,14,17). The molecule has 0 spiro atoms. The fourth-order valence-electron chi connectivity index (χ4n) is 1.49. The van der Waals surface area contributed by atoms with Gasteiger partial charge in [-0.15, -0.1) is 0 Å². The smallest absolute Gasteiger partial charge is 0.138 e. The van der Waals surface area contributed by atoms with Crippen molar-refractivity contribution in [3.63, 3.8) is 0 Å². The summed E-state index contributed by atoms with van der Waals surface area (Å²) in [6.45, 7) is 0.341. The van der Waals surface area contributed by atoms with E-state index in [-0.39, 0.29) is 16.4 Å². The topological polar surface area (TPSA) is 43.8 Å². The molecule has 6 heteroatoms. The molecule has 0 amide bonds. The van der Waals surface area contributed by atoms with E-state index in [1.165, 1.54) is 0 Å². The zero-order valence-electron chi connectivity index (χ0n) is 8.73. The second-order valence-corrected chi connectivity index (χ2v) is 4.85. The monoisotopic (exact) mass is 313 g/mol. The van der Waals surface area contributed by atoms with Gasteiger partial charge in [-0.25, -0.2) is 4.39 Å². The lowest BCUT2D eigenvalue weighted by Gasteiger charge is -2.07. The maximum absolute atomic E-state index is 14.0. The van der Waals surface area contributed by atoms with Crippen LogP contribution in [0, 0.1) is 5.82 Å². The van der Waals surface area contributed by atoms with Crippen molar-refractivity contribution in [2.75, 3.05) is 0 Å². The Bertz CT molecular complexity index is 568. The fraction of sp³-hybridized carbons (Fsp3) is 0.0909. The van der Waals surface area contributed by atoms with Gasteiger partial charge in [0.2, 0.25) is 0 Å². The van der Waals surface area contributed by atoms with E-state index in [0.29, 0.717) is 12.1 Å². The zero-order chi connectivity index (χ0) is 12.4. The molecule has 0 aliphatic carbocycles. The molecule has 0 radical (unpaired) electrons. The lowest BCUT2D eigenvalue weighted by Crippen LogP contribution is -2.14. The van der Waals surface area contributed by atoms with Crippen molar-refractivity contribution in [3.05, 3.63) is 52.0 Å². The predicted molar refractivity (Wildman–Crippen MR) is 71.3 cm³/mol. The maximum Gasteiger partial charge on any atom is 0.138 e. The molecule has 0 aliphatic rings. The molecule has 0 saturated heterocycles. The molecule has 2 rings (SSSR count). The van der Waals surface area contributed by atoms with Gasteiger partial charge in [-0.05, 0) is 22.0 Å². The van der Waals surface area contributed by atoms with E-state index in [9.17, 15) is 4.39 Å². The first kappa shape index (κ1) is 12.2. The van der Waals surface area contributed by atoms with Crippen LogP contribution in [-0.2, 0) is 6.54 Å². The number of aromatic nitrogens is 2. The van der Waals surface area contributed by atoms with Crippen molar-refractivity contribution < 1.29 is 4.39 Å². The van der Waals surface area contributed by atoms with Crippen molar-refractivity contribution in [1.82, 2.24) is 9.78 Å². The molecule has 0 aliphatic heterocycles. The molecule has 0 unspecified atom stereocenters. The van der Waals surface area contributed by atoms with Crippen LogP contribution < -0.4 is 5.73 Å². The highest BCUT2D eigenvalue weighted by Crippen LogP contribution is 2.15. The molecule has 17 heavy (non-hydrogen) atoms. The van der Waals surface area contributed by atoms with Crippen LogP contribution in [0.25, 0.3) is 0 Å². The van der Waals surface area contributed by atoms with Crippen molar-refractivity contribution in [2.24, 2.45) is 5.73 Å². The summed E-state index contributed by atoms with van der Waals surface area (Å²) in [5, 5.41) is 4.07. The Balaban J connectivity index is 2.33. The van der Waals surface area contributed by atoms with Crippen LogP contribution in [-0.4, -0.2) is 14.8 Å². The van der Waals surface area contributed by atoms with Gasteiger partial charge in [0.05, 0.1) is 17.2 Å². The van der Waals surface area contributed by atoms with E-state index in [2.05, 4.69) is 21.0 Å². The summed E-state index contributed by atoms with van der Waals surface area (Å²) in [5.74, 6) is -0.383. The molecule has 0 bridgehead atoms. The van der Waals surface area contributed by atoms with Crippen LogP contribution in [0.5, 0.6) is 0 Å². The molecule has 0 fully saturated rings. The highest BCUT2D eigenvalue weighted by atomic mass is 79.9. The lowest BCUT2D eigenvalue weighted by molar-refractivity contribution is 0.583. The Hall–Kier alpha value is -1.27. The number of nitrogens with zero attached hydrogens (tertiary/aromatic N) is 2. The number of halogens is 2. The average molecular weight is 314 g/mol. The minimum atomic E-state index is -0.383. The van der Waals surface area contributed by atoms with Crippen molar-refractivity contribution in [2.45, 2.75) is 6.54 Å². The normalized spacial score (nSPS) is 10.5. The molecule has 3 nitrogen and oxygen atoms in total. The number of thiocarbonyl (C=S) groups is 1. The Labute approximate surface area is 112 Å². The molecule has 1 aromatic heterocycles. The number of hydrogen-bond donors (Lipinski definition) is 1. The summed E-state index contributed by atoms with van der Waals surface area (Å²) in [6.07, 6.45) is 3.42. The Morgan fingerprint density at radius 1 is 1.53 bits per heavy atom. The van der Waals surface area contributed by atoms with Crippen molar-refractivity contribution in [3.8, 4) is 0 Å². The summed E-state index contributed by atoms with van der Waals surface area (Å²) >= 11 is 8.07. The SMILES string of the molecule is NC(=S)c1cccc(Cn2cc(Br)cn2)c1F. The molecule has 2 N–H and O–H groups in total. The third kappa shape index (κ3) is 2.70. The van der Waals surface area contributed by atoms with Gasteiger partial charge >= 0.3 is 0 Å². The summed E-state index contributed by atoms with van der Waals surface area (Å²) in [6, 6.07) is 4.98. The van der Waals surface area contributed by atoms with Gasteiger partial charge < -0.3 is 5.73 Å². The second kappa shape index (κ2) is 4.93. The van der Waals surface area contributed by atoms with E-state index >= 15 is 0 Å². The van der Waals surface area contributed by atoms with Crippen LogP contribution in [0.15, 0.2) is 35.1 Å². The lowest BCUT2D eigenvalue weighted by atomic mass is 10.1. The van der Waals surface area contributed by atoms with E-state index in [0.717, 1.165) is 4.47 Å². The zero-order valence-corrected chi connectivity index (χ0v) is 11.1. The fourth-order valence-corrected chi connectivity index (χ4v) is 1.98. The van der Waals surface area contributed by atoms with Crippen LogP contribution in [0.3, 0.4) is 0 Å². The Morgan fingerprint density at radius 2 is 2.29 bits per heavy atom. The van der Waals surface area contributed by atoms with Gasteiger partial charge in [-0.2, -0.15) is 5.10 Å². The molecule has 2 aromatic rings. The molecule has 0 atom stereocenters. The third-order valence-electron chi connectivity index (χ3n) is 2.28. The number of hydrogen-bond acceptors (Lipinski definition) is 2. The largest absolute Gasteiger partial charge is 0.389 e. The third-order valence-corrected chi connectivity index (χ3v) is 2.91. The molecule has 0 saturated carbocycles. The van der Waals surface area contributed by atoms with Gasteiger partial charge in [0.15, 0.2) is 0 Å². The number of rotatable bonds is 3. The Morgan fingerprint density at radius 3 is 2.88 bits per heavy atom. The minimum Gasteiger partial charge on any atom is -0.389 e. The number of benzene rings is 1. The van der Waals surface area contributed by atoms with Crippen molar-refractivity contribution in [1.29, 1.82) is 0 Å². The first-order valence-electron chi connectivity index (χ1n) is 4.83. The maximum atomic E-state index is 14.0. The van der Waals surface area contributed by atoms with E-state index in [1.54, 1.807) is 35.3 Å². The average Bonchev–Trinajstić information content (AvgIpc) is 2.67. The van der Waals surface area contributed by atoms with Gasteiger partial charge in [0, 0.05) is 17.3 Å². The van der Waals surface area contributed by atoms with Gasteiger partial charge in [0.25, 0.3) is 0 Å². The van der Waals surface area contributed by atoms with Crippen molar-refractivity contribution >= 4 is 33.1 Å². The Kier molecular flexibility index (Phi) is 3.54. The summed E-state index contributed by atoms with van der Waals surface area (Å²) in [7, 11) is 0. The van der Waals surface area contributed by atoms with E-state index < -0.39 is 0 Å². The predicted octanol–water partition coefficient (Wildman–Crippen LogP) is 2.47. The molecular weight excluding hydrogens is 305 g/mol. The summed E-state index contributed by atoms with van der Waals surface area (Å²) in [5.41, 5.74) is 6.22. The van der Waals surface area contributed by atoms with Gasteiger partial charge in [-0.3, -0.25) is 4.68 Å². The second-order valence-electron chi connectivity index (χ2n) is 3.50. The first-order chi connectivity index (χ1) is 8.08. The first-order valence-corrected chi connectivity index (χ1v) is 6.03. The van der Waals surface area contributed by atoms with Gasteiger partial charge in [-0.1, -0.05) is 24.4 Å². The minimum absolute atomic E-state index is 0.0611. The van der Waals surface area contributed by atoms with Crippen LogP contribution >= 0.6 is 28.1 Å². The summed E-state index contributed by atoms with van der Waals surface area (Å²) < 4.78 is 16.5. The molecule has 88 valence electrons. The quantitative estimate of drug-likeness (QED) is 0.885. The van der Waals surface area contributed by atoms with Gasteiger partial charge in [0.1, 0.15) is 10.8 Å². The van der Waals surface area contributed by atoms with E-state index in [4.69, 9.17) is 18.0 Å². The van der Waals surface area contributed by atoms with Crippen LogP contribution in [0.1, 0.15) is 11.1 Å². The molecule has 1 heterocycles. The molecule has 1 aromatic carbocycles. The summed E-state index contributed by atoms with van der Waals surface area (Å²) in [4.78, 5) is 0.0611. The van der Waals surface area contributed by atoms with E-state index in [1.807, 2.05) is 0 Å². The molecular formula is C11H9BrFN3S. The highest BCUT2D eigenvalue weighted by molar-refractivity contribution is 9.10. The number of nitrogens with two attached hydrogens (primary N) is 1. The van der Waals surface area contributed by atoms with Crippen LogP contribution in [0.2, 0.25) is 0 Å².